The predicted molar refractivity (Wildman–Crippen MR) is 79.9 cm³/mol. The van der Waals surface area contributed by atoms with Gasteiger partial charge in [0.25, 0.3) is 5.56 Å². The van der Waals surface area contributed by atoms with Crippen LogP contribution >= 0.6 is 11.6 Å². The fourth-order valence-corrected chi connectivity index (χ4v) is 2.35. The lowest BCUT2D eigenvalue weighted by Crippen LogP contribution is -2.23. The van der Waals surface area contributed by atoms with E-state index < -0.39 is 0 Å². The average molecular weight is 286 g/mol. The lowest BCUT2D eigenvalue weighted by atomic mass is 10.1. The summed E-state index contributed by atoms with van der Waals surface area (Å²) < 4.78 is 1.44. The molecule has 100 valence electrons. The van der Waals surface area contributed by atoms with Gasteiger partial charge in [0.1, 0.15) is 11.2 Å². The van der Waals surface area contributed by atoms with E-state index in [-0.39, 0.29) is 5.56 Å². The zero-order valence-corrected chi connectivity index (χ0v) is 11.6. The van der Waals surface area contributed by atoms with E-state index in [9.17, 15) is 4.79 Å². The fourth-order valence-electron chi connectivity index (χ4n) is 2.16. The van der Waals surface area contributed by atoms with Crippen LogP contribution in [0.4, 0.5) is 0 Å². The zero-order chi connectivity index (χ0) is 14.1. The van der Waals surface area contributed by atoms with Crippen molar-refractivity contribution in [3.8, 4) is 11.3 Å². The summed E-state index contributed by atoms with van der Waals surface area (Å²) in [6, 6.07) is 10.9. The molecule has 5 heteroatoms. The van der Waals surface area contributed by atoms with Crippen LogP contribution in [0.15, 0.2) is 47.4 Å². The number of benzene rings is 1. The van der Waals surface area contributed by atoms with Crippen LogP contribution in [0.3, 0.4) is 0 Å². The van der Waals surface area contributed by atoms with Crippen molar-refractivity contribution >= 4 is 22.5 Å². The van der Waals surface area contributed by atoms with Gasteiger partial charge in [-0.15, -0.1) is 0 Å². The molecule has 0 aliphatic heterocycles. The number of rotatable bonds is 2. The first-order valence-corrected chi connectivity index (χ1v) is 6.70. The highest BCUT2D eigenvalue weighted by Gasteiger charge is 2.12. The molecule has 4 nitrogen and oxygen atoms in total. The van der Waals surface area contributed by atoms with Crippen molar-refractivity contribution in [3.63, 3.8) is 0 Å². The largest absolute Gasteiger partial charge is 0.276 e. The minimum absolute atomic E-state index is 0.124. The second kappa shape index (κ2) is 5.06. The highest BCUT2D eigenvalue weighted by atomic mass is 35.5. The molecule has 0 radical (unpaired) electrons. The summed E-state index contributed by atoms with van der Waals surface area (Å²) in [5.41, 5.74) is 2.00. The van der Waals surface area contributed by atoms with E-state index in [1.807, 2.05) is 25.1 Å². The Balaban J connectivity index is 2.41. The first kappa shape index (κ1) is 12.8. The van der Waals surface area contributed by atoms with Crippen LogP contribution in [0.25, 0.3) is 22.2 Å². The monoisotopic (exact) mass is 285 g/mol. The SMILES string of the molecule is CCn1nc(-c2cccc(Cl)c2)c2ncccc2c1=O. The Morgan fingerprint density at radius 1 is 1.25 bits per heavy atom. The van der Waals surface area contributed by atoms with Gasteiger partial charge in [-0.1, -0.05) is 23.7 Å². The number of halogens is 1. The molecule has 3 rings (SSSR count). The number of aromatic nitrogens is 3. The van der Waals surface area contributed by atoms with E-state index >= 15 is 0 Å². The van der Waals surface area contributed by atoms with Crippen LogP contribution < -0.4 is 5.56 Å². The molecule has 1 aromatic carbocycles. The summed E-state index contributed by atoms with van der Waals surface area (Å²) in [7, 11) is 0. The molecule has 0 unspecified atom stereocenters. The number of hydrogen-bond donors (Lipinski definition) is 0. The fraction of sp³-hybridized carbons (Fsp3) is 0.133. The van der Waals surface area contributed by atoms with Crippen LogP contribution in [-0.2, 0) is 6.54 Å². The Morgan fingerprint density at radius 2 is 2.10 bits per heavy atom. The molecule has 0 fully saturated rings. The predicted octanol–water partition coefficient (Wildman–Crippen LogP) is 3.13. The summed E-state index contributed by atoms with van der Waals surface area (Å²) in [6.07, 6.45) is 1.66. The molecule has 0 saturated heterocycles. The van der Waals surface area contributed by atoms with Crippen molar-refractivity contribution in [2.24, 2.45) is 0 Å². The van der Waals surface area contributed by atoms with Gasteiger partial charge < -0.3 is 0 Å². The third-order valence-corrected chi connectivity index (χ3v) is 3.35. The average Bonchev–Trinajstić information content (AvgIpc) is 2.48. The summed E-state index contributed by atoms with van der Waals surface area (Å²) >= 11 is 6.03. The molecule has 0 atom stereocenters. The summed E-state index contributed by atoms with van der Waals surface area (Å²) in [6.45, 7) is 2.40. The van der Waals surface area contributed by atoms with Crippen LogP contribution in [0.1, 0.15) is 6.92 Å². The van der Waals surface area contributed by atoms with Gasteiger partial charge in [-0.3, -0.25) is 9.78 Å². The van der Waals surface area contributed by atoms with Crippen molar-refractivity contribution < 1.29 is 0 Å². The molecule has 2 aromatic heterocycles. The lowest BCUT2D eigenvalue weighted by molar-refractivity contribution is 0.626. The number of aryl methyl sites for hydroxylation is 1. The van der Waals surface area contributed by atoms with E-state index in [4.69, 9.17) is 11.6 Å². The molecule has 2 heterocycles. The third kappa shape index (κ3) is 2.08. The Bertz CT molecular complexity index is 842. The highest BCUT2D eigenvalue weighted by Crippen LogP contribution is 2.25. The number of pyridine rings is 1. The maximum atomic E-state index is 12.2. The molecular formula is C15H12ClN3O. The van der Waals surface area contributed by atoms with Gasteiger partial charge in [0.15, 0.2) is 0 Å². The molecule has 0 amide bonds. The molecule has 0 N–H and O–H groups in total. The number of fused-ring (bicyclic) bond motifs is 1. The first-order valence-electron chi connectivity index (χ1n) is 6.32. The highest BCUT2D eigenvalue weighted by molar-refractivity contribution is 6.30. The second-order valence-corrected chi connectivity index (χ2v) is 4.82. The number of hydrogen-bond acceptors (Lipinski definition) is 3. The van der Waals surface area contributed by atoms with Gasteiger partial charge in [-0.05, 0) is 31.2 Å². The Morgan fingerprint density at radius 3 is 2.85 bits per heavy atom. The van der Waals surface area contributed by atoms with Gasteiger partial charge >= 0.3 is 0 Å². The Hall–Kier alpha value is -2.20. The third-order valence-electron chi connectivity index (χ3n) is 3.12. The molecule has 3 aromatic rings. The lowest BCUT2D eigenvalue weighted by Gasteiger charge is -2.09. The standard InChI is InChI=1S/C15H12ClN3O/c1-2-19-15(20)12-7-4-8-17-14(12)13(18-19)10-5-3-6-11(16)9-10/h3-9H,2H2,1H3. The first-order chi connectivity index (χ1) is 9.70. The van der Waals surface area contributed by atoms with Gasteiger partial charge in [0, 0.05) is 23.3 Å². The van der Waals surface area contributed by atoms with Gasteiger partial charge in [-0.2, -0.15) is 5.10 Å². The number of nitrogens with zero attached hydrogens (tertiary/aromatic N) is 3. The van der Waals surface area contributed by atoms with E-state index in [2.05, 4.69) is 10.1 Å². The zero-order valence-electron chi connectivity index (χ0n) is 10.9. The van der Waals surface area contributed by atoms with Crippen LogP contribution in [0.2, 0.25) is 5.02 Å². The smallest absolute Gasteiger partial charge is 0.267 e. The van der Waals surface area contributed by atoms with E-state index in [1.54, 1.807) is 24.4 Å². The van der Waals surface area contributed by atoms with Crippen LogP contribution in [0.5, 0.6) is 0 Å². The second-order valence-electron chi connectivity index (χ2n) is 4.38. The molecule has 0 aliphatic rings. The van der Waals surface area contributed by atoms with Crippen LogP contribution in [-0.4, -0.2) is 14.8 Å². The normalized spacial score (nSPS) is 10.9. The minimum atomic E-state index is -0.124. The minimum Gasteiger partial charge on any atom is -0.267 e. The Kier molecular flexibility index (Phi) is 3.24. The molecule has 0 saturated carbocycles. The topological polar surface area (TPSA) is 47.8 Å². The molecule has 0 aliphatic carbocycles. The Labute approximate surface area is 120 Å². The molecule has 20 heavy (non-hydrogen) atoms. The van der Waals surface area contributed by atoms with E-state index in [0.29, 0.717) is 28.2 Å². The van der Waals surface area contributed by atoms with Crippen molar-refractivity contribution in [2.75, 3.05) is 0 Å². The summed E-state index contributed by atoms with van der Waals surface area (Å²) in [4.78, 5) is 16.5. The molecular weight excluding hydrogens is 274 g/mol. The maximum Gasteiger partial charge on any atom is 0.276 e. The van der Waals surface area contributed by atoms with E-state index in [0.717, 1.165) is 5.56 Å². The van der Waals surface area contributed by atoms with Gasteiger partial charge in [0.05, 0.1) is 5.39 Å². The maximum absolute atomic E-state index is 12.2. The quantitative estimate of drug-likeness (QED) is 0.727. The molecule has 0 spiro atoms. The van der Waals surface area contributed by atoms with Crippen LogP contribution in [0, 0.1) is 0 Å². The van der Waals surface area contributed by atoms with Crippen molar-refractivity contribution in [3.05, 3.63) is 58.0 Å². The summed E-state index contributed by atoms with van der Waals surface area (Å²) in [5.74, 6) is 0. The van der Waals surface area contributed by atoms with Gasteiger partial charge in [-0.25, -0.2) is 4.68 Å². The van der Waals surface area contributed by atoms with E-state index in [1.165, 1.54) is 4.68 Å². The van der Waals surface area contributed by atoms with Crippen molar-refractivity contribution in [2.45, 2.75) is 13.5 Å². The van der Waals surface area contributed by atoms with Gasteiger partial charge in [0.2, 0.25) is 0 Å². The van der Waals surface area contributed by atoms with Crippen molar-refractivity contribution in [1.82, 2.24) is 14.8 Å². The van der Waals surface area contributed by atoms with Crippen molar-refractivity contribution in [1.29, 1.82) is 0 Å². The molecule has 0 bridgehead atoms. The summed E-state index contributed by atoms with van der Waals surface area (Å²) in [5, 5.41) is 5.61.